The first kappa shape index (κ1) is 14.6. The van der Waals surface area contributed by atoms with E-state index in [-0.39, 0.29) is 33.9 Å². The fourth-order valence-electron chi connectivity index (χ4n) is 1.81. The summed E-state index contributed by atoms with van der Waals surface area (Å²) in [4.78, 5) is 21.0. The zero-order valence-electron chi connectivity index (χ0n) is 10.4. The van der Waals surface area contributed by atoms with Gasteiger partial charge >= 0.3 is 5.88 Å². The van der Waals surface area contributed by atoms with Gasteiger partial charge < -0.3 is 4.42 Å². The molecule has 0 spiro atoms. The quantitative estimate of drug-likeness (QED) is 0.623. The lowest BCUT2D eigenvalue weighted by Crippen LogP contribution is -1.96. The van der Waals surface area contributed by atoms with Crippen LogP contribution in [-0.4, -0.2) is 10.7 Å². The van der Waals surface area contributed by atoms with Gasteiger partial charge in [0.1, 0.15) is 16.5 Å². The Labute approximate surface area is 124 Å². The number of benzene rings is 1. The lowest BCUT2D eigenvalue weighted by Gasteiger charge is -2.07. The Morgan fingerprint density at radius 1 is 1.30 bits per heavy atom. The minimum absolute atomic E-state index is 0.0153. The van der Waals surface area contributed by atoms with Gasteiger partial charge in [-0.3, -0.25) is 14.9 Å². The van der Waals surface area contributed by atoms with Crippen molar-refractivity contribution in [3.05, 3.63) is 50.0 Å². The predicted molar refractivity (Wildman–Crippen MR) is 75.2 cm³/mol. The molecule has 2 rings (SSSR count). The van der Waals surface area contributed by atoms with Crippen molar-refractivity contribution in [3.8, 4) is 11.3 Å². The van der Waals surface area contributed by atoms with E-state index >= 15 is 0 Å². The first-order valence-corrected chi connectivity index (χ1v) is 6.36. The molecule has 0 aliphatic rings. The third kappa shape index (κ3) is 3.00. The van der Waals surface area contributed by atoms with Crippen molar-refractivity contribution in [2.45, 2.75) is 13.3 Å². The molecular formula is C13H9Cl2NO4. The molecule has 0 N–H and O–H groups in total. The maximum atomic E-state index is 11.1. The van der Waals surface area contributed by atoms with Crippen LogP contribution in [0.25, 0.3) is 11.3 Å². The lowest BCUT2D eigenvalue weighted by molar-refractivity contribution is -0.401. The Morgan fingerprint density at radius 3 is 2.35 bits per heavy atom. The van der Waals surface area contributed by atoms with Crippen LogP contribution in [-0.2, 0) is 11.2 Å². The van der Waals surface area contributed by atoms with E-state index in [1.807, 2.05) is 0 Å². The Balaban J connectivity index is 2.46. The van der Waals surface area contributed by atoms with E-state index in [1.165, 1.54) is 19.1 Å². The van der Waals surface area contributed by atoms with Gasteiger partial charge in [0.05, 0.1) is 21.7 Å². The van der Waals surface area contributed by atoms with Gasteiger partial charge in [0.2, 0.25) is 0 Å². The van der Waals surface area contributed by atoms with Crippen molar-refractivity contribution >= 4 is 34.9 Å². The molecule has 0 bridgehead atoms. The van der Waals surface area contributed by atoms with Crippen LogP contribution in [0.2, 0.25) is 10.0 Å². The van der Waals surface area contributed by atoms with Gasteiger partial charge in [-0.05, 0) is 30.7 Å². The number of halogens is 2. The van der Waals surface area contributed by atoms with E-state index in [2.05, 4.69) is 0 Å². The summed E-state index contributed by atoms with van der Waals surface area (Å²) in [6.45, 7) is 1.46. The third-order valence-electron chi connectivity index (χ3n) is 2.57. The monoisotopic (exact) mass is 313 g/mol. The molecular weight excluding hydrogens is 305 g/mol. The summed E-state index contributed by atoms with van der Waals surface area (Å²) < 4.78 is 5.08. The number of furan rings is 1. The molecule has 20 heavy (non-hydrogen) atoms. The fourth-order valence-corrected chi connectivity index (χ4v) is 2.53. The summed E-state index contributed by atoms with van der Waals surface area (Å²) in [5.41, 5.74) is 1.05. The van der Waals surface area contributed by atoms with Crippen LogP contribution in [0.15, 0.2) is 28.7 Å². The predicted octanol–water partition coefficient (Wildman–Crippen LogP) is 4.29. The number of rotatable bonds is 4. The molecule has 0 radical (unpaired) electrons. The average Bonchev–Trinajstić information content (AvgIpc) is 2.76. The normalized spacial score (nSPS) is 10.6. The Kier molecular flexibility index (Phi) is 4.11. The van der Waals surface area contributed by atoms with Crippen LogP contribution in [0.5, 0.6) is 0 Å². The number of carbonyl (C=O) groups excluding carboxylic acids is 1. The van der Waals surface area contributed by atoms with Gasteiger partial charge in [-0.25, -0.2) is 0 Å². The summed E-state index contributed by atoms with van der Waals surface area (Å²) in [5, 5.41) is 11.2. The summed E-state index contributed by atoms with van der Waals surface area (Å²) in [6, 6.07) is 5.85. The highest BCUT2D eigenvalue weighted by Gasteiger charge is 2.18. The largest absolute Gasteiger partial charge is 0.433 e. The topological polar surface area (TPSA) is 73.3 Å². The molecule has 0 aliphatic carbocycles. The summed E-state index contributed by atoms with van der Waals surface area (Å²) >= 11 is 12.2. The van der Waals surface area contributed by atoms with Crippen LogP contribution >= 0.6 is 23.2 Å². The van der Waals surface area contributed by atoms with Crippen molar-refractivity contribution in [1.82, 2.24) is 0 Å². The minimum atomic E-state index is -0.643. The van der Waals surface area contributed by atoms with E-state index in [0.29, 0.717) is 11.1 Å². The van der Waals surface area contributed by atoms with Crippen molar-refractivity contribution in [2.24, 2.45) is 0 Å². The maximum Gasteiger partial charge on any atom is 0.433 e. The van der Waals surface area contributed by atoms with Gasteiger partial charge in [-0.15, -0.1) is 0 Å². The second kappa shape index (κ2) is 5.64. The van der Waals surface area contributed by atoms with Crippen LogP contribution in [0.3, 0.4) is 0 Å². The molecule has 5 nitrogen and oxygen atoms in total. The van der Waals surface area contributed by atoms with Gasteiger partial charge in [0, 0.05) is 6.42 Å². The second-order valence-corrected chi connectivity index (χ2v) is 5.02. The Hall–Kier alpha value is -1.85. The van der Waals surface area contributed by atoms with E-state index in [1.54, 1.807) is 12.1 Å². The molecule has 0 saturated heterocycles. The molecule has 0 saturated carbocycles. The fraction of sp³-hybridized carbons (Fsp3) is 0.154. The Bertz CT molecular complexity index is 670. The number of nitrogens with zero attached hydrogens (tertiary/aromatic N) is 1. The summed E-state index contributed by atoms with van der Waals surface area (Å²) in [7, 11) is 0. The van der Waals surface area contributed by atoms with Crippen LogP contribution in [0.4, 0.5) is 5.88 Å². The van der Waals surface area contributed by atoms with Crippen LogP contribution < -0.4 is 0 Å². The molecule has 1 aromatic heterocycles. The molecule has 7 heteroatoms. The zero-order valence-corrected chi connectivity index (χ0v) is 11.9. The number of Topliss-reactive ketones (excluding diaryl/α,β-unsaturated/α-hetero) is 1. The second-order valence-electron chi connectivity index (χ2n) is 4.21. The average molecular weight is 314 g/mol. The number of hydrogen-bond donors (Lipinski definition) is 0. The van der Waals surface area contributed by atoms with E-state index in [0.717, 1.165) is 0 Å². The Morgan fingerprint density at radius 2 is 1.90 bits per heavy atom. The van der Waals surface area contributed by atoms with Crippen LogP contribution in [0, 0.1) is 10.1 Å². The number of hydrogen-bond acceptors (Lipinski definition) is 4. The number of nitro groups is 1. The highest BCUT2D eigenvalue weighted by atomic mass is 35.5. The van der Waals surface area contributed by atoms with Crippen LogP contribution in [0.1, 0.15) is 12.5 Å². The minimum Gasteiger partial charge on any atom is -0.401 e. The third-order valence-corrected chi connectivity index (χ3v) is 3.17. The van der Waals surface area contributed by atoms with Crippen molar-refractivity contribution < 1.29 is 14.1 Å². The molecule has 0 aliphatic heterocycles. The molecule has 1 aromatic carbocycles. The summed E-state index contributed by atoms with van der Waals surface area (Å²) in [6.07, 6.45) is 0.220. The molecule has 104 valence electrons. The van der Waals surface area contributed by atoms with Crippen molar-refractivity contribution in [1.29, 1.82) is 0 Å². The molecule has 0 fully saturated rings. The van der Waals surface area contributed by atoms with Crippen molar-refractivity contribution in [3.63, 3.8) is 0 Å². The van der Waals surface area contributed by atoms with E-state index in [4.69, 9.17) is 27.6 Å². The van der Waals surface area contributed by atoms with E-state index in [9.17, 15) is 14.9 Å². The smallest absolute Gasteiger partial charge is 0.401 e. The highest BCUT2D eigenvalue weighted by molar-refractivity contribution is 6.39. The van der Waals surface area contributed by atoms with Crippen molar-refractivity contribution in [2.75, 3.05) is 0 Å². The standard InChI is InChI=1S/C13H9Cl2NO4/c1-7(17)4-8-5-9(14)13(10(15)6-8)11-2-3-12(20-11)16(18)19/h2-3,5-6H,4H2,1H3. The lowest BCUT2D eigenvalue weighted by atomic mass is 10.1. The van der Waals surface area contributed by atoms with Gasteiger partial charge in [-0.1, -0.05) is 23.2 Å². The van der Waals surface area contributed by atoms with Gasteiger partial charge in [-0.2, -0.15) is 0 Å². The summed E-state index contributed by atoms with van der Waals surface area (Å²) in [5.74, 6) is -0.195. The first-order chi connectivity index (χ1) is 9.38. The SMILES string of the molecule is CC(=O)Cc1cc(Cl)c(-c2ccc([N+](=O)[O-])o2)c(Cl)c1. The molecule has 0 unspecified atom stereocenters. The number of carbonyl (C=O) groups is 1. The number of ketones is 1. The molecule has 1 heterocycles. The molecule has 0 amide bonds. The molecule has 2 aromatic rings. The van der Waals surface area contributed by atoms with E-state index < -0.39 is 4.92 Å². The zero-order chi connectivity index (χ0) is 14.9. The maximum absolute atomic E-state index is 11.1. The first-order valence-electron chi connectivity index (χ1n) is 5.60. The molecule has 0 atom stereocenters. The van der Waals surface area contributed by atoms with Gasteiger partial charge in [0.15, 0.2) is 0 Å². The highest BCUT2D eigenvalue weighted by Crippen LogP contribution is 2.38. The van der Waals surface area contributed by atoms with Gasteiger partial charge in [0.25, 0.3) is 0 Å².